The monoisotopic (exact) mass is 214 g/mol. The average Bonchev–Trinajstić information content (AvgIpc) is 2.18. The second-order valence-corrected chi connectivity index (χ2v) is 3.86. The molecule has 0 bridgehead atoms. The molecule has 0 aliphatic rings. The summed E-state index contributed by atoms with van der Waals surface area (Å²) in [7, 11) is 0. The third-order valence-electron chi connectivity index (χ3n) is 2.03. The number of hydrogen-bond donors (Lipinski definition) is 0. The van der Waals surface area contributed by atoms with Gasteiger partial charge in [-0.2, -0.15) is 0 Å². The van der Waals surface area contributed by atoms with Crippen molar-refractivity contribution >= 4 is 5.97 Å². The van der Waals surface area contributed by atoms with E-state index in [9.17, 15) is 4.79 Å². The van der Waals surface area contributed by atoms with E-state index in [2.05, 4.69) is 6.58 Å². The van der Waals surface area contributed by atoms with E-state index in [1.165, 1.54) is 0 Å². The van der Waals surface area contributed by atoms with Crippen molar-refractivity contribution in [2.24, 2.45) is 0 Å². The molecule has 0 aromatic rings. The minimum atomic E-state index is -0.829. The van der Waals surface area contributed by atoms with Crippen molar-refractivity contribution in [3.63, 3.8) is 0 Å². The summed E-state index contributed by atoms with van der Waals surface area (Å²) >= 11 is 0. The molecule has 0 spiro atoms. The lowest BCUT2D eigenvalue weighted by Gasteiger charge is -2.22. The van der Waals surface area contributed by atoms with Crippen LogP contribution in [0.15, 0.2) is 12.7 Å². The summed E-state index contributed by atoms with van der Waals surface area (Å²) in [5.74, 6) is -0.297. The highest BCUT2D eigenvalue weighted by atomic mass is 16.6. The number of allylic oxidation sites excluding steroid dienone is 1. The van der Waals surface area contributed by atoms with Gasteiger partial charge in [-0.05, 0) is 40.0 Å². The summed E-state index contributed by atoms with van der Waals surface area (Å²) in [6, 6.07) is 0. The molecule has 88 valence electrons. The summed E-state index contributed by atoms with van der Waals surface area (Å²) in [4.78, 5) is 11.4. The highest BCUT2D eigenvalue weighted by molar-refractivity contribution is 5.78. The molecule has 0 saturated heterocycles. The molecule has 0 unspecified atom stereocenters. The second-order valence-electron chi connectivity index (χ2n) is 3.86. The maximum Gasteiger partial charge on any atom is 0.337 e. The van der Waals surface area contributed by atoms with Crippen LogP contribution in [0.5, 0.6) is 0 Å². The third kappa shape index (κ3) is 6.28. The van der Waals surface area contributed by atoms with Crippen LogP contribution in [0.1, 0.15) is 40.0 Å². The molecule has 0 aliphatic heterocycles. The topological polar surface area (TPSA) is 35.5 Å². The van der Waals surface area contributed by atoms with Crippen molar-refractivity contribution < 1.29 is 14.3 Å². The van der Waals surface area contributed by atoms with E-state index in [-0.39, 0.29) is 5.97 Å². The standard InChI is InChI=1S/C12H22O3/c1-5-7-8-9-10-15-12(3,4)11(13)14-6-2/h5H,1,6-10H2,2-4H3. The quantitative estimate of drug-likeness (QED) is 0.354. The Morgan fingerprint density at radius 1 is 1.40 bits per heavy atom. The fraction of sp³-hybridized carbons (Fsp3) is 0.750. The van der Waals surface area contributed by atoms with Crippen molar-refractivity contribution in [1.29, 1.82) is 0 Å². The van der Waals surface area contributed by atoms with E-state index in [4.69, 9.17) is 9.47 Å². The van der Waals surface area contributed by atoms with Gasteiger partial charge in [-0.15, -0.1) is 6.58 Å². The highest BCUT2D eigenvalue weighted by Gasteiger charge is 2.29. The first kappa shape index (κ1) is 14.2. The molecule has 0 N–H and O–H groups in total. The molecule has 0 rings (SSSR count). The number of carbonyl (C=O) groups is 1. The molecule has 0 fully saturated rings. The third-order valence-corrected chi connectivity index (χ3v) is 2.03. The van der Waals surface area contributed by atoms with Gasteiger partial charge < -0.3 is 9.47 Å². The molecule has 3 nitrogen and oxygen atoms in total. The highest BCUT2D eigenvalue weighted by Crippen LogP contribution is 2.12. The summed E-state index contributed by atoms with van der Waals surface area (Å²) < 4.78 is 10.4. The van der Waals surface area contributed by atoms with Gasteiger partial charge >= 0.3 is 5.97 Å². The van der Waals surface area contributed by atoms with Gasteiger partial charge in [0.2, 0.25) is 0 Å². The maximum absolute atomic E-state index is 11.4. The van der Waals surface area contributed by atoms with E-state index >= 15 is 0 Å². The molecule has 3 heteroatoms. The molecule has 15 heavy (non-hydrogen) atoms. The fourth-order valence-electron chi connectivity index (χ4n) is 1.08. The van der Waals surface area contributed by atoms with Crippen molar-refractivity contribution in [3.8, 4) is 0 Å². The summed E-state index contributed by atoms with van der Waals surface area (Å²) in [5, 5.41) is 0. The molecule has 0 aromatic heterocycles. The van der Waals surface area contributed by atoms with Crippen LogP contribution in [0.4, 0.5) is 0 Å². The molecule has 0 aliphatic carbocycles. The molecule has 0 saturated carbocycles. The van der Waals surface area contributed by atoms with E-state index in [1.807, 2.05) is 6.08 Å². The largest absolute Gasteiger partial charge is 0.464 e. The van der Waals surface area contributed by atoms with Crippen LogP contribution in [0, 0.1) is 0 Å². The van der Waals surface area contributed by atoms with Crippen LogP contribution in [0.25, 0.3) is 0 Å². The lowest BCUT2D eigenvalue weighted by atomic mass is 10.1. The lowest BCUT2D eigenvalue weighted by molar-refractivity contribution is -0.167. The van der Waals surface area contributed by atoms with Gasteiger partial charge in [0.05, 0.1) is 6.61 Å². The van der Waals surface area contributed by atoms with Crippen molar-refractivity contribution in [1.82, 2.24) is 0 Å². The van der Waals surface area contributed by atoms with E-state index in [0.29, 0.717) is 13.2 Å². The van der Waals surface area contributed by atoms with Gasteiger partial charge in [0, 0.05) is 6.61 Å². The average molecular weight is 214 g/mol. The smallest absolute Gasteiger partial charge is 0.337 e. The Bertz CT molecular complexity index is 197. The van der Waals surface area contributed by atoms with Gasteiger partial charge in [-0.25, -0.2) is 4.79 Å². The zero-order chi connectivity index (χ0) is 11.7. The molecule has 0 radical (unpaired) electrons. The molecule has 0 heterocycles. The first-order valence-corrected chi connectivity index (χ1v) is 5.46. The Labute approximate surface area is 92.5 Å². The number of hydrogen-bond acceptors (Lipinski definition) is 3. The van der Waals surface area contributed by atoms with Crippen molar-refractivity contribution in [2.75, 3.05) is 13.2 Å². The van der Waals surface area contributed by atoms with E-state index in [0.717, 1.165) is 19.3 Å². The predicted molar refractivity (Wildman–Crippen MR) is 60.7 cm³/mol. The van der Waals surface area contributed by atoms with Crippen LogP contribution >= 0.6 is 0 Å². The Morgan fingerprint density at radius 2 is 2.07 bits per heavy atom. The summed E-state index contributed by atoms with van der Waals surface area (Å²) in [5.41, 5.74) is -0.829. The second kappa shape index (κ2) is 7.46. The van der Waals surface area contributed by atoms with Crippen LogP contribution in [0.3, 0.4) is 0 Å². The fourth-order valence-corrected chi connectivity index (χ4v) is 1.08. The lowest BCUT2D eigenvalue weighted by Crippen LogP contribution is -2.37. The normalized spacial score (nSPS) is 11.1. The van der Waals surface area contributed by atoms with Gasteiger partial charge in [0.25, 0.3) is 0 Å². The van der Waals surface area contributed by atoms with Crippen LogP contribution in [-0.2, 0) is 14.3 Å². The Kier molecular flexibility index (Phi) is 7.05. The summed E-state index contributed by atoms with van der Waals surface area (Å²) in [6.07, 6.45) is 4.86. The minimum Gasteiger partial charge on any atom is -0.464 e. The van der Waals surface area contributed by atoms with Gasteiger partial charge in [-0.3, -0.25) is 0 Å². The van der Waals surface area contributed by atoms with Crippen LogP contribution in [-0.4, -0.2) is 24.8 Å². The Hall–Kier alpha value is -0.830. The predicted octanol–water partition coefficient (Wildman–Crippen LogP) is 2.70. The Balaban J connectivity index is 3.72. The number of ether oxygens (including phenoxy) is 2. The molecular weight excluding hydrogens is 192 g/mol. The number of rotatable bonds is 8. The number of unbranched alkanes of at least 4 members (excludes halogenated alkanes) is 2. The Morgan fingerprint density at radius 3 is 2.60 bits per heavy atom. The van der Waals surface area contributed by atoms with Crippen molar-refractivity contribution in [3.05, 3.63) is 12.7 Å². The first-order valence-electron chi connectivity index (χ1n) is 5.46. The molecular formula is C12H22O3. The molecule has 0 aromatic carbocycles. The molecule has 0 atom stereocenters. The summed E-state index contributed by atoms with van der Waals surface area (Å²) in [6.45, 7) is 9.88. The first-order chi connectivity index (χ1) is 7.04. The zero-order valence-corrected chi connectivity index (χ0v) is 10.0. The van der Waals surface area contributed by atoms with Gasteiger partial charge in [0.15, 0.2) is 5.60 Å². The van der Waals surface area contributed by atoms with E-state index < -0.39 is 5.60 Å². The zero-order valence-electron chi connectivity index (χ0n) is 10.0. The number of carbonyl (C=O) groups excluding carboxylic acids is 1. The van der Waals surface area contributed by atoms with Crippen LogP contribution in [0.2, 0.25) is 0 Å². The van der Waals surface area contributed by atoms with Gasteiger partial charge in [0.1, 0.15) is 0 Å². The molecule has 0 amide bonds. The minimum absolute atomic E-state index is 0.297. The maximum atomic E-state index is 11.4. The van der Waals surface area contributed by atoms with Crippen molar-refractivity contribution in [2.45, 2.75) is 45.6 Å². The van der Waals surface area contributed by atoms with E-state index in [1.54, 1.807) is 20.8 Å². The number of esters is 1. The van der Waals surface area contributed by atoms with Gasteiger partial charge in [-0.1, -0.05) is 6.08 Å². The van der Waals surface area contributed by atoms with Crippen LogP contribution < -0.4 is 0 Å². The SMILES string of the molecule is C=CCCCCOC(C)(C)C(=O)OCC.